The molecule has 0 aliphatic carbocycles. The molecule has 7 heteroatoms. The third kappa shape index (κ3) is 3.33. The molecule has 2 amide bonds. The van der Waals surface area contributed by atoms with Gasteiger partial charge in [0.15, 0.2) is 0 Å². The van der Waals surface area contributed by atoms with Crippen molar-refractivity contribution in [2.45, 2.75) is 6.42 Å². The second kappa shape index (κ2) is 6.00. The van der Waals surface area contributed by atoms with E-state index in [1.807, 2.05) is 0 Å². The second-order valence-corrected chi connectivity index (χ2v) is 5.06. The van der Waals surface area contributed by atoms with Gasteiger partial charge in [-0.15, -0.1) is 0 Å². The first-order chi connectivity index (χ1) is 9.49. The molecule has 1 heterocycles. The van der Waals surface area contributed by atoms with E-state index in [1.54, 1.807) is 23.1 Å². The van der Waals surface area contributed by atoms with Gasteiger partial charge in [-0.25, -0.2) is 4.79 Å². The molecule has 0 atom stereocenters. The van der Waals surface area contributed by atoms with Gasteiger partial charge in [0.1, 0.15) is 5.75 Å². The highest BCUT2D eigenvalue weighted by Gasteiger charge is 2.32. The third-order valence-corrected chi connectivity index (χ3v) is 3.41. The summed E-state index contributed by atoms with van der Waals surface area (Å²) in [7, 11) is 1.52. The molecule has 108 valence electrons. The molecule has 2 N–H and O–H groups in total. The zero-order chi connectivity index (χ0) is 14.7. The number of nitrogens with one attached hydrogen (secondary N) is 1. The summed E-state index contributed by atoms with van der Waals surface area (Å²) in [5.74, 6) is -0.259. The Morgan fingerprint density at radius 3 is 2.75 bits per heavy atom. The van der Waals surface area contributed by atoms with Gasteiger partial charge in [0.05, 0.1) is 18.6 Å². The Labute approximate surface area is 121 Å². The maximum atomic E-state index is 11.9. The van der Waals surface area contributed by atoms with Crippen LogP contribution in [-0.4, -0.2) is 42.2 Å². The minimum absolute atomic E-state index is 0.0395. The average Bonchev–Trinajstić information content (AvgIpc) is 2.33. The van der Waals surface area contributed by atoms with Crippen molar-refractivity contribution in [1.29, 1.82) is 0 Å². The molecule has 0 unspecified atom stereocenters. The van der Waals surface area contributed by atoms with Crippen LogP contribution in [0.5, 0.6) is 5.75 Å². The van der Waals surface area contributed by atoms with Crippen LogP contribution in [0.3, 0.4) is 0 Å². The van der Waals surface area contributed by atoms with Crippen LogP contribution < -0.4 is 10.1 Å². The topological polar surface area (TPSA) is 78.9 Å². The number of carbonyl (C=O) groups excluding carboxylic acids is 1. The number of benzene rings is 1. The second-order valence-electron chi connectivity index (χ2n) is 4.65. The van der Waals surface area contributed by atoms with E-state index in [1.165, 1.54) is 7.11 Å². The van der Waals surface area contributed by atoms with Crippen LogP contribution >= 0.6 is 11.6 Å². The molecule has 1 aromatic rings. The fraction of sp³-hybridized carbons (Fsp3) is 0.385. The Kier molecular flexibility index (Phi) is 4.34. The van der Waals surface area contributed by atoms with Crippen molar-refractivity contribution in [3.05, 3.63) is 23.2 Å². The van der Waals surface area contributed by atoms with E-state index in [4.69, 9.17) is 21.4 Å². The van der Waals surface area contributed by atoms with E-state index in [0.29, 0.717) is 29.5 Å². The number of carbonyl (C=O) groups is 2. The number of carboxylic acid groups (broad SMARTS) is 1. The van der Waals surface area contributed by atoms with E-state index in [9.17, 15) is 9.59 Å². The van der Waals surface area contributed by atoms with E-state index in [2.05, 4.69) is 5.32 Å². The molecule has 1 fully saturated rings. The lowest BCUT2D eigenvalue weighted by atomic mass is 9.97. The van der Waals surface area contributed by atoms with Gasteiger partial charge in [0.25, 0.3) is 0 Å². The van der Waals surface area contributed by atoms with Crippen molar-refractivity contribution in [3.63, 3.8) is 0 Å². The molecule has 0 aromatic heterocycles. The Morgan fingerprint density at radius 1 is 1.50 bits per heavy atom. The lowest BCUT2D eigenvalue weighted by molar-refractivity contribution is -0.139. The molecule has 20 heavy (non-hydrogen) atoms. The van der Waals surface area contributed by atoms with Gasteiger partial charge in [-0.05, 0) is 18.2 Å². The number of anilines is 1. The predicted octanol–water partition coefficient (Wildman–Crippen LogP) is 2.29. The molecule has 0 bridgehead atoms. The van der Waals surface area contributed by atoms with Crippen LogP contribution in [0.25, 0.3) is 0 Å². The summed E-state index contributed by atoms with van der Waals surface area (Å²) in [6.45, 7) is 0.921. The summed E-state index contributed by atoms with van der Waals surface area (Å²) in [4.78, 5) is 24.0. The maximum absolute atomic E-state index is 11.9. The Morgan fingerprint density at radius 2 is 2.20 bits per heavy atom. The number of rotatable bonds is 4. The molecule has 1 aromatic carbocycles. The minimum Gasteiger partial charge on any atom is -0.495 e. The SMILES string of the molecule is COc1ccc(NC(=O)N2CC(CC(=O)O)C2)cc1Cl. The minimum atomic E-state index is -0.836. The summed E-state index contributed by atoms with van der Waals surface area (Å²) in [5, 5.41) is 11.8. The number of likely N-dealkylation sites (tertiary alicyclic amines) is 1. The van der Waals surface area contributed by atoms with Gasteiger partial charge in [-0.3, -0.25) is 4.79 Å². The summed E-state index contributed by atoms with van der Waals surface area (Å²) < 4.78 is 5.03. The van der Waals surface area contributed by atoms with Gasteiger partial charge < -0.3 is 20.1 Å². The van der Waals surface area contributed by atoms with Crippen molar-refractivity contribution >= 4 is 29.3 Å². The number of halogens is 1. The predicted molar refractivity (Wildman–Crippen MR) is 74.3 cm³/mol. The first-order valence-corrected chi connectivity index (χ1v) is 6.48. The Hall–Kier alpha value is -1.95. The number of hydrogen-bond acceptors (Lipinski definition) is 3. The number of aliphatic carboxylic acids is 1. The maximum Gasteiger partial charge on any atom is 0.321 e. The van der Waals surface area contributed by atoms with Crippen molar-refractivity contribution < 1.29 is 19.4 Å². The van der Waals surface area contributed by atoms with Crippen LogP contribution in [-0.2, 0) is 4.79 Å². The molecular weight excluding hydrogens is 284 g/mol. The first kappa shape index (κ1) is 14.5. The highest BCUT2D eigenvalue weighted by Crippen LogP contribution is 2.28. The van der Waals surface area contributed by atoms with Crippen LogP contribution in [0.2, 0.25) is 5.02 Å². The van der Waals surface area contributed by atoms with E-state index in [-0.39, 0.29) is 18.4 Å². The highest BCUT2D eigenvalue weighted by molar-refractivity contribution is 6.32. The van der Waals surface area contributed by atoms with Gasteiger partial charge in [-0.2, -0.15) is 0 Å². The van der Waals surface area contributed by atoms with Crippen molar-refractivity contribution in [1.82, 2.24) is 4.90 Å². The summed E-state index contributed by atoms with van der Waals surface area (Å²) in [6, 6.07) is 4.71. The molecule has 1 saturated heterocycles. The molecule has 0 radical (unpaired) electrons. The van der Waals surface area contributed by atoms with Gasteiger partial charge in [0, 0.05) is 24.7 Å². The molecule has 6 nitrogen and oxygen atoms in total. The average molecular weight is 299 g/mol. The third-order valence-electron chi connectivity index (χ3n) is 3.11. The highest BCUT2D eigenvalue weighted by atomic mass is 35.5. The van der Waals surface area contributed by atoms with Crippen molar-refractivity contribution in [2.24, 2.45) is 5.92 Å². The Bertz CT molecular complexity index is 529. The lowest BCUT2D eigenvalue weighted by Gasteiger charge is -2.38. The van der Waals surface area contributed by atoms with Gasteiger partial charge >= 0.3 is 12.0 Å². The number of ether oxygens (including phenoxy) is 1. The quantitative estimate of drug-likeness (QED) is 0.894. The van der Waals surface area contributed by atoms with Crippen LogP contribution in [0.4, 0.5) is 10.5 Å². The zero-order valence-electron chi connectivity index (χ0n) is 10.9. The number of hydrogen-bond donors (Lipinski definition) is 2. The first-order valence-electron chi connectivity index (χ1n) is 6.11. The Balaban J connectivity index is 1.87. The normalized spacial score (nSPS) is 14.6. The number of urea groups is 1. The van der Waals surface area contributed by atoms with Crippen molar-refractivity contribution in [2.75, 3.05) is 25.5 Å². The van der Waals surface area contributed by atoms with Gasteiger partial charge in [0.2, 0.25) is 0 Å². The number of amides is 2. The smallest absolute Gasteiger partial charge is 0.321 e. The zero-order valence-corrected chi connectivity index (χ0v) is 11.7. The monoisotopic (exact) mass is 298 g/mol. The summed E-state index contributed by atoms with van der Waals surface area (Å²) >= 11 is 5.97. The molecule has 2 rings (SSSR count). The summed E-state index contributed by atoms with van der Waals surface area (Å²) in [5.41, 5.74) is 0.572. The van der Waals surface area contributed by atoms with E-state index in [0.717, 1.165) is 0 Å². The molecule has 0 saturated carbocycles. The number of methoxy groups -OCH3 is 1. The molecule has 1 aliphatic heterocycles. The van der Waals surface area contributed by atoms with Gasteiger partial charge in [-0.1, -0.05) is 11.6 Å². The standard InChI is InChI=1S/C13H15ClN2O4/c1-20-11-3-2-9(5-10(11)14)15-13(19)16-6-8(7-16)4-12(17)18/h2-3,5,8H,4,6-7H2,1H3,(H,15,19)(H,17,18). The van der Waals surface area contributed by atoms with Crippen LogP contribution in [0.15, 0.2) is 18.2 Å². The molecular formula is C13H15ClN2O4. The lowest BCUT2D eigenvalue weighted by Crippen LogP contribution is -2.52. The largest absolute Gasteiger partial charge is 0.495 e. The van der Waals surface area contributed by atoms with Crippen molar-refractivity contribution in [3.8, 4) is 5.75 Å². The van der Waals surface area contributed by atoms with E-state index < -0.39 is 5.97 Å². The molecule has 0 spiro atoms. The van der Waals surface area contributed by atoms with E-state index >= 15 is 0 Å². The number of nitrogens with zero attached hydrogens (tertiary/aromatic N) is 1. The number of carboxylic acids is 1. The van der Waals surface area contributed by atoms with Crippen LogP contribution in [0.1, 0.15) is 6.42 Å². The van der Waals surface area contributed by atoms with Crippen LogP contribution in [0, 0.1) is 5.92 Å². The fourth-order valence-corrected chi connectivity index (χ4v) is 2.32. The summed E-state index contributed by atoms with van der Waals surface area (Å²) in [6.07, 6.45) is 0.0954. The fourth-order valence-electron chi connectivity index (χ4n) is 2.06. The molecule has 1 aliphatic rings.